The third-order valence-electron chi connectivity index (χ3n) is 3.06. The second-order valence-corrected chi connectivity index (χ2v) is 4.24. The predicted molar refractivity (Wildman–Crippen MR) is 65.3 cm³/mol. The largest absolute Gasteiger partial charge is 0.478 e. The number of carboxylic acids is 1. The van der Waals surface area contributed by atoms with Gasteiger partial charge in [-0.25, -0.2) is 14.8 Å². The molecule has 0 aliphatic heterocycles. The number of pyridine rings is 1. The van der Waals surface area contributed by atoms with Gasteiger partial charge in [0.2, 0.25) is 5.88 Å². The highest BCUT2D eigenvalue weighted by molar-refractivity contribution is 5.90. The highest BCUT2D eigenvalue weighted by Crippen LogP contribution is 2.31. The molecule has 3 rings (SSSR count). The number of rotatable bonds is 3. The van der Waals surface area contributed by atoms with E-state index in [-0.39, 0.29) is 11.3 Å². The second kappa shape index (κ2) is 4.64. The van der Waals surface area contributed by atoms with Crippen molar-refractivity contribution >= 4 is 5.97 Å². The van der Waals surface area contributed by atoms with E-state index < -0.39 is 5.97 Å². The summed E-state index contributed by atoms with van der Waals surface area (Å²) in [4.78, 5) is 23.3. The van der Waals surface area contributed by atoms with Crippen molar-refractivity contribution in [3.05, 3.63) is 41.6 Å². The van der Waals surface area contributed by atoms with Gasteiger partial charge in [0.1, 0.15) is 11.9 Å². The van der Waals surface area contributed by atoms with E-state index in [1.54, 1.807) is 0 Å². The van der Waals surface area contributed by atoms with Crippen molar-refractivity contribution in [3.63, 3.8) is 0 Å². The first-order chi connectivity index (χ1) is 9.25. The summed E-state index contributed by atoms with van der Waals surface area (Å²) in [5.74, 6) is -0.427. The minimum Gasteiger partial charge on any atom is -0.478 e. The minimum atomic E-state index is -1.05. The molecule has 0 amide bonds. The lowest BCUT2D eigenvalue weighted by Gasteiger charge is -2.09. The molecule has 6 heteroatoms. The summed E-state index contributed by atoms with van der Waals surface area (Å²) in [6.45, 7) is 0. The Morgan fingerprint density at radius 1 is 1.32 bits per heavy atom. The van der Waals surface area contributed by atoms with Gasteiger partial charge in [-0.1, -0.05) is 0 Å². The number of carbonyl (C=O) groups is 1. The molecule has 0 fully saturated rings. The van der Waals surface area contributed by atoms with E-state index >= 15 is 0 Å². The molecule has 2 aromatic rings. The number of hydrogen-bond donors (Lipinski definition) is 1. The fourth-order valence-electron chi connectivity index (χ4n) is 2.16. The summed E-state index contributed by atoms with van der Waals surface area (Å²) < 4.78 is 5.62. The molecule has 2 aromatic heterocycles. The molecule has 1 N–H and O–H groups in total. The number of aromatic carboxylic acids is 1. The number of aromatic nitrogens is 3. The normalized spacial score (nSPS) is 13.1. The average Bonchev–Trinajstić information content (AvgIpc) is 2.88. The quantitative estimate of drug-likeness (QED) is 0.903. The first-order valence-electron chi connectivity index (χ1n) is 5.93. The van der Waals surface area contributed by atoms with Gasteiger partial charge >= 0.3 is 5.97 Å². The lowest BCUT2D eigenvalue weighted by atomic mass is 10.2. The van der Waals surface area contributed by atoms with Gasteiger partial charge in [0.05, 0.1) is 11.9 Å². The van der Waals surface area contributed by atoms with Crippen molar-refractivity contribution in [1.82, 2.24) is 15.0 Å². The van der Waals surface area contributed by atoms with Crippen molar-refractivity contribution in [2.75, 3.05) is 0 Å². The summed E-state index contributed by atoms with van der Waals surface area (Å²) in [6.07, 6.45) is 7.02. The van der Waals surface area contributed by atoms with Crippen LogP contribution in [0.4, 0.5) is 0 Å². The van der Waals surface area contributed by atoms with Gasteiger partial charge in [-0.15, -0.1) is 0 Å². The number of hydrogen-bond acceptors (Lipinski definition) is 5. The molecule has 0 saturated heterocycles. The Kier molecular flexibility index (Phi) is 2.83. The number of nitrogens with zero attached hydrogens (tertiary/aromatic N) is 3. The summed E-state index contributed by atoms with van der Waals surface area (Å²) in [5.41, 5.74) is 2.01. The number of ether oxygens (including phenoxy) is 1. The molecule has 0 aromatic carbocycles. The van der Waals surface area contributed by atoms with Crippen LogP contribution in [0.25, 0.3) is 0 Å². The first kappa shape index (κ1) is 11.6. The Morgan fingerprint density at radius 3 is 3.05 bits per heavy atom. The maximum atomic E-state index is 11.1. The number of aryl methyl sites for hydroxylation is 1. The molecular weight excluding hydrogens is 246 g/mol. The van der Waals surface area contributed by atoms with Crippen molar-refractivity contribution in [2.45, 2.75) is 19.3 Å². The molecule has 2 heterocycles. The van der Waals surface area contributed by atoms with Crippen LogP contribution in [0, 0.1) is 0 Å². The summed E-state index contributed by atoms with van der Waals surface area (Å²) in [7, 11) is 0. The van der Waals surface area contributed by atoms with E-state index in [9.17, 15) is 4.79 Å². The minimum absolute atomic E-state index is 0.0698. The van der Waals surface area contributed by atoms with Gasteiger partial charge in [0, 0.05) is 11.8 Å². The first-order valence-corrected chi connectivity index (χ1v) is 5.93. The maximum absolute atomic E-state index is 11.1. The molecule has 6 nitrogen and oxygen atoms in total. The van der Waals surface area contributed by atoms with Crippen molar-refractivity contribution in [1.29, 1.82) is 0 Å². The van der Waals surface area contributed by atoms with E-state index in [0.29, 0.717) is 5.88 Å². The summed E-state index contributed by atoms with van der Waals surface area (Å²) in [6, 6.07) is 1.40. The van der Waals surface area contributed by atoms with Gasteiger partial charge in [0.15, 0.2) is 5.75 Å². The van der Waals surface area contributed by atoms with E-state index in [2.05, 4.69) is 15.0 Å². The predicted octanol–water partition coefficient (Wildman–Crippen LogP) is 1.85. The molecule has 0 spiro atoms. The molecule has 1 aliphatic carbocycles. The van der Waals surface area contributed by atoms with Crippen LogP contribution in [-0.2, 0) is 12.8 Å². The van der Waals surface area contributed by atoms with E-state index in [1.807, 2.05) is 0 Å². The second-order valence-electron chi connectivity index (χ2n) is 4.24. The van der Waals surface area contributed by atoms with E-state index in [1.165, 1.54) is 24.8 Å². The van der Waals surface area contributed by atoms with Crippen LogP contribution in [0.15, 0.2) is 24.8 Å². The smallest absolute Gasteiger partial charge is 0.339 e. The molecular formula is C13H11N3O3. The molecule has 0 atom stereocenters. The molecule has 1 aliphatic rings. The SMILES string of the molecule is O=C(O)c1ccncc1Oc1ncnc2c1CCC2. The molecule has 0 unspecified atom stereocenters. The van der Waals surface area contributed by atoms with Crippen LogP contribution in [0.5, 0.6) is 11.6 Å². The maximum Gasteiger partial charge on any atom is 0.339 e. The van der Waals surface area contributed by atoms with Crippen molar-refractivity contribution in [2.24, 2.45) is 0 Å². The number of fused-ring (bicyclic) bond motifs is 1. The van der Waals surface area contributed by atoms with Crippen LogP contribution in [0.3, 0.4) is 0 Å². The Bertz CT molecular complexity index is 643. The third kappa shape index (κ3) is 2.12. The zero-order valence-electron chi connectivity index (χ0n) is 10.0. The van der Waals surface area contributed by atoms with Gasteiger partial charge in [-0.05, 0) is 25.3 Å². The van der Waals surface area contributed by atoms with Crippen molar-refractivity contribution < 1.29 is 14.6 Å². The molecule has 96 valence electrons. The standard InChI is InChI=1S/C13H11N3O3/c17-13(18)9-4-5-14-6-11(9)19-12-8-2-1-3-10(8)15-7-16-12/h4-7H,1-3H2,(H,17,18). The van der Waals surface area contributed by atoms with Gasteiger partial charge in [0.25, 0.3) is 0 Å². The van der Waals surface area contributed by atoms with Crippen LogP contribution in [-0.4, -0.2) is 26.0 Å². The zero-order valence-corrected chi connectivity index (χ0v) is 10.0. The monoisotopic (exact) mass is 257 g/mol. The highest BCUT2D eigenvalue weighted by atomic mass is 16.5. The Hall–Kier alpha value is -2.50. The molecule has 19 heavy (non-hydrogen) atoms. The number of carboxylic acid groups (broad SMARTS) is 1. The van der Waals surface area contributed by atoms with Gasteiger partial charge in [-0.3, -0.25) is 4.98 Å². The van der Waals surface area contributed by atoms with Gasteiger partial charge < -0.3 is 9.84 Å². The van der Waals surface area contributed by atoms with Crippen LogP contribution >= 0.6 is 0 Å². The summed E-state index contributed by atoms with van der Waals surface area (Å²) >= 11 is 0. The Labute approximate surface area is 109 Å². The third-order valence-corrected chi connectivity index (χ3v) is 3.06. The molecule has 0 saturated carbocycles. The van der Waals surface area contributed by atoms with Crippen LogP contribution in [0.2, 0.25) is 0 Å². The highest BCUT2D eigenvalue weighted by Gasteiger charge is 2.20. The molecule has 0 radical (unpaired) electrons. The topological polar surface area (TPSA) is 85.2 Å². The fourth-order valence-corrected chi connectivity index (χ4v) is 2.16. The van der Waals surface area contributed by atoms with Gasteiger partial charge in [-0.2, -0.15) is 0 Å². The van der Waals surface area contributed by atoms with Crippen molar-refractivity contribution in [3.8, 4) is 11.6 Å². The lowest BCUT2D eigenvalue weighted by molar-refractivity contribution is 0.0694. The molecule has 0 bridgehead atoms. The fraction of sp³-hybridized carbons (Fsp3) is 0.231. The zero-order chi connectivity index (χ0) is 13.2. The average molecular weight is 257 g/mol. The van der Waals surface area contributed by atoms with E-state index in [0.717, 1.165) is 30.5 Å². The Balaban J connectivity index is 1.99. The lowest BCUT2D eigenvalue weighted by Crippen LogP contribution is -2.03. The van der Waals surface area contributed by atoms with E-state index in [4.69, 9.17) is 9.84 Å². The summed E-state index contributed by atoms with van der Waals surface area (Å²) in [5, 5.41) is 9.10. The van der Waals surface area contributed by atoms with Crippen LogP contribution in [0.1, 0.15) is 28.0 Å². The Morgan fingerprint density at radius 2 is 2.21 bits per heavy atom. The van der Waals surface area contributed by atoms with Crippen LogP contribution < -0.4 is 4.74 Å².